The van der Waals surface area contributed by atoms with Crippen LogP contribution in [-0.2, 0) is 16.0 Å². The van der Waals surface area contributed by atoms with E-state index >= 15 is 0 Å². The summed E-state index contributed by atoms with van der Waals surface area (Å²) >= 11 is 1.70. The van der Waals surface area contributed by atoms with Crippen LogP contribution < -0.4 is 11.1 Å². The molecule has 0 bridgehead atoms. The molecule has 1 aliphatic carbocycles. The number of ether oxygens (including phenoxy) is 1. The van der Waals surface area contributed by atoms with Gasteiger partial charge in [-0.3, -0.25) is 4.79 Å². The molecule has 2 heterocycles. The first-order valence-electron chi connectivity index (χ1n) is 12.1. The lowest BCUT2D eigenvalue weighted by molar-refractivity contribution is -0.127. The third-order valence-corrected chi connectivity index (χ3v) is 6.62. The maximum absolute atomic E-state index is 13.2. The number of alkyl carbamates (subject to hydrolysis) is 1. The van der Waals surface area contributed by atoms with Crippen LogP contribution >= 0.6 is 11.3 Å². The van der Waals surface area contributed by atoms with Gasteiger partial charge in [-0.15, -0.1) is 11.3 Å². The number of unbranched alkanes of at least 4 members (excludes halogenated alkanes) is 2. The van der Waals surface area contributed by atoms with Gasteiger partial charge in [0.15, 0.2) is 0 Å². The van der Waals surface area contributed by atoms with Gasteiger partial charge in [-0.25, -0.2) is 9.79 Å². The molecule has 8 heteroatoms. The van der Waals surface area contributed by atoms with Crippen LogP contribution in [0.3, 0.4) is 0 Å². The molecule has 1 aromatic heterocycles. The van der Waals surface area contributed by atoms with Crippen LogP contribution in [0.4, 0.5) is 10.5 Å². The van der Waals surface area contributed by atoms with Crippen molar-refractivity contribution in [2.45, 2.75) is 90.7 Å². The summed E-state index contributed by atoms with van der Waals surface area (Å²) in [5.41, 5.74) is 7.31. The van der Waals surface area contributed by atoms with E-state index < -0.39 is 5.60 Å². The number of rotatable bonds is 10. The number of aliphatic imine (C=N–C) groups is 1. The molecule has 0 unspecified atom stereocenters. The average Bonchev–Trinajstić information content (AvgIpc) is 3.51. The second kappa shape index (κ2) is 11.2. The number of aryl methyl sites for hydroxylation is 1. The highest BCUT2D eigenvalue weighted by atomic mass is 32.1. The fraction of sp³-hybridized carbons (Fsp3) is 0.640. The van der Waals surface area contributed by atoms with Crippen molar-refractivity contribution in [2.75, 3.05) is 13.1 Å². The van der Waals surface area contributed by atoms with Crippen LogP contribution in [0.5, 0.6) is 0 Å². The van der Waals surface area contributed by atoms with Crippen LogP contribution in [0.25, 0.3) is 6.08 Å². The van der Waals surface area contributed by atoms with Gasteiger partial charge in [0.1, 0.15) is 11.4 Å². The van der Waals surface area contributed by atoms with E-state index in [9.17, 15) is 9.59 Å². The van der Waals surface area contributed by atoms with E-state index in [1.54, 1.807) is 11.3 Å². The van der Waals surface area contributed by atoms with Crippen LogP contribution in [0.2, 0.25) is 0 Å². The molecule has 0 saturated heterocycles. The summed E-state index contributed by atoms with van der Waals surface area (Å²) in [6, 6.07) is 2.49. The summed E-state index contributed by atoms with van der Waals surface area (Å²) in [5.74, 6) is 0.607. The van der Waals surface area contributed by atoms with Gasteiger partial charge in [0.2, 0.25) is 0 Å². The van der Waals surface area contributed by atoms with E-state index in [0.29, 0.717) is 24.8 Å². The molecule has 0 aromatic carbocycles. The molecule has 2 amide bonds. The zero-order chi connectivity index (χ0) is 24.0. The Bertz CT molecular complexity index is 909. The third kappa shape index (κ3) is 7.88. The number of carbonyl (C=O) groups is 2. The summed E-state index contributed by atoms with van der Waals surface area (Å²) in [6.45, 7) is 9.08. The minimum atomic E-state index is -0.474. The molecule has 0 radical (unpaired) electrons. The Kier molecular flexibility index (Phi) is 8.57. The van der Waals surface area contributed by atoms with Gasteiger partial charge in [0.25, 0.3) is 5.91 Å². The van der Waals surface area contributed by atoms with Crippen LogP contribution in [0.1, 0.15) is 82.4 Å². The molecule has 3 rings (SSSR count). The minimum absolute atomic E-state index is 0.109. The molecule has 2 aliphatic rings. The Morgan fingerprint density at radius 3 is 2.70 bits per heavy atom. The lowest BCUT2D eigenvalue weighted by Gasteiger charge is -2.23. The highest BCUT2D eigenvalue weighted by molar-refractivity contribution is 7.13. The molecule has 182 valence electrons. The number of hydrogen-bond donors (Lipinski definition) is 2. The maximum Gasteiger partial charge on any atom is 0.407 e. The van der Waals surface area contributed by atoms with Crippen molar-refractivity contribution in [1.82, 2.24) is 10.2 Å². The second-order valence-corrected chi connectivity index (χ2v) is 11.0. The first-order valence-corrected chi connectivity index (χ1v) is 12.9. The molecule has 7 nitrogen and oxygen atoms in total. The molecule has 33 heavy (non-hydrogen) atoms. The summed E-state index contributed by atoms with van der Waals surface area (Å²) < 4.78 is 5.25. The maximum atomic E-state index is 13.2. The SMILES string of the molecule is CCCN(C(=O)C1=Cc2sc(CCCCCNC(=O)OC(C)(C)C)cc2N=C(N)C1)C1CC1. The third-order valence-electron chi connectivity index (χ3n) is 5.49. The van der Waals surface area contributed by atoms with Crippen molar-refractivity contribution in [2.24, 2.45) is 10.7 Å². The number of thiophene rings is 1. The molecule has 1 aliphatic heterocycles. The number of amides is 2. The van der Waals surface area contributed by atoms with Crippen LogP contribution in [-0.4, -0.2) is 47.5 Å². The molecule has 1 saturated carbocycles. The van der Waals surface area contributed by atoms with E-state index in [1.807, 2.05) is 31.7 Å². The van der Waals surface area contributed by atoms with Gasteiger partial charge >= 0.3 is 6.09 Å². The lowest BCUT2D eigenvalue weighted by atomic mass is 10.1. The lowest BCUT2D eigenvalue weighted by Crippen LogP contribution is -2.35. The molecule has 0 spiro atoms. The van der Waals surface area contributed by atoms with Crippen molar-refractivity contribution in [3.8, 4) is 0 Å². The minimum Gasteiger partial charge on any atom is -0.444 e. The predicted octanol–water partition coefficient (Wildman–Crippen LogP) is 5.16. The van der Waals surface area contributed by atoms with Crippen molar-refractivity contribution >= 4 is 40.9 Å². The first-order chi connectivity index (χ1) is 15.7. The van der Waals surface area contributed by atoms with Crippen molar-refractivity contribution in [3.63, 3.8) is 0 Å². The van der Waals surface area contributed by atoms with Gasteiger partial charge in [0.05, 0.1) is 10.6 Å². The summed E-state index contributed by atoms with van der Waals surface area (Å²) in [4.78, 5) is 33.7. The predicted molar refractivity (Wildman–Crippen MR) is 135 cm³/mol. The molecule has 0 atom stereocenters. The molecular formula is C25H38N4O3S. The Balaban J connectivity index is 1.52. The summed E-state index contributed by atoms with van der Waals surface area (Å²) in [6.07, 6.45) is 9.10. The van der Waals surface area contributed by atoms with Crippen LogP contribution in [0.15, 0.2) is 16.6 Å². The zero-order valence-corrected chi connectivity index (χ0v) is 21.2. The highest BCUT2D eigenvalue weighted by Crippen LogP contribution is 2.36. The van der Waals surface area contributed by atoms with Crippen molar-refractivity contribution in [3.05, 3.63) is 21.4 Å². The number of amidine groups is 1. The monoisotopic (exact) mass is 474 g/mol. The Labute approximate surface area is 201 Å². The summed E-state index contributed by atoms with van der Waals surface area (Å²) in [7, 11) is 0. The number of nitrogens with zero attached hydrogens (tertiary/aromatic N) is 2. The van der Waals surface area contributed by atoms with Gasteiger partial charge in [-0.2, -0.15) is 0 Å². The summed E-state index contributed by atoms with van der Waals surface area (Å²) in [5, 5.41) is 2.80. The van der Waals surface area contributed by atoms with Crippen molar-refractivity contribution < 1.29 is 14.3 Å². The van der Waals surface area contributed by atoms with E-state index in [4.69, 9.17) is 10.5 Å². The number of carbonyl (C=O) groups excluding carboxylic acids is 2. The van der Waals surface area contributed by atoms with Crippen molar-refractivity contribution in [1.29, 1.82) is 0 Å². The average molecular weight is 475 g/mol. The number of fused-ring (bicyclic) bond motifs is 1. The Hall–Kier alpha value is -2.35. The van der Waals surface area contributed by atoms with E-state index in [1.165, 1.54) is 4.88 Å². The van der Waals surface area contributed by atoms with E-state index in [-0.39, 0.29) is 12.0 Å². The smallest absolute Gasteiger partial charge is 0.407 e. The fourth-order valence-electron chi connectivity index (χ4n) is 3.86. The quantitative estimate of drug-likeness (QED) is 0.458. The highest BCUT2D eigenvalue weighted by Gasteiger charge is 2.33. The second-order valence-electron chi connectivity index (χ2n) is 9.88. The Morgan fingerprint density at radius 2 is 2.03 bits per heavy atom. The molecular weight excluding hydrogens is 436 g/mol. The molecule has 1 fully saturated rings. The van der Waals surface area contributed by atoms with Gasteiger partial charge in [0, 0.05) is 36.0 Å². The largest absolute Gasteiger partial charge is 0.444 e. The van der Waals surface area contributed by atoms with E-state index in [0.717, 1.165) is 67.6 Å². The molecule has 1 aromatic rings. The standard InChI is InChI=1S/C25H38N4O3S/c1-5-13-29(18-10-11-18)23(30)17-14-21-20(28-22(26)15-17)16-19(33-21)9-7-6-8-12-27-24(31)32-25(2,3)4/h14,16,18H,5-13,15H2,1-4H3,(H2,26,28)(H,27,31). The normalized spacial score (nSPS) is 15.8. The molecule has 3 N–H and O–H groups in total. The van der Waals surface area contributed by atoms with Gasteiger partial charge in [-0.1, -0.05) is 13.3 Å². The number of nitrogens with one attached hydrogen (secondary N) is 1. The Morgan fingerprint density at radius 1 is 1.27 bits per heavy atom. The zero-order valence-electron chi connectivity index (χ0n) is 20.4. The van der Waals surface area contributed by atoms with Gasteiger partial charge in [-0.05, 0) is 71.4 Å². The number of hydrogen-bond acceptors (Lipinski definition) is 6. The van der Waals surface area contributed by atoms with Crippen LogP contribution in [0, 0.1) is 0 Å². The number of nitrogens with two attached hydrogens (primary N) is 1. The van der Waals surface area contributed by atoms with Gasteiger partial charge < -0.3 is 20.7 Å². The van der Waals surface area contributed by atoms with E-state index in [2.05, 4.69) is 23.3 Å². The fourth-order valence-corrected chi connectivity index (χ4v) is 4.97. The topological polar surface area (TPSA) is 97.0 Å². The first kappa shape index (κ1) is 25.3.